The standard InChI is InChI=1S/C8H7BrClNS/c1-3-6-4-7(9)12-8(6)11-5(2)10/h3-4H,2H2,1H3/b6-3-,11-8?. The number of hydrogen-bond donors (Lipinski definition) is 0. The molecule has 0 spiro atoms. The molecule has 1 heterocycles. The zero-order valence-electron chi connectivity index (χ0n) is 6.47. The number of halogens is 2. The lowest BCUT2D eigenvalue weighted by molar-refractivity contribution is 1.53. The summed E-state index contributed by atoms with van der Waals surface area (Å²) in [7, 11) is 0. The van der Waals surface area contributed by atoms with E-state index in [-0.39, 0.29) is 0 Å². The maximum absolute atomic E-state index is 5.57. The van der Waals surface area contributed by atoms with Crippen LogP contribution in [0.4, 0.5) is 0 Å². The van der Waals surface area contributed by atoms with Crippen LogP contribution in [0.1, 0.15) is 6.92 Å². The van der Waals surface area contributed by atoms with Crippen LogP contribution < -0.4 is 0 Å². The van der Waals surface area contributed by atoms with Crippen molar-refractivity contribution >= 4 is 44.3 Å². The average Bonchev–Trinajstić information content (AvgIpc) is 2.29. The molecule has 0 aromatic rings. The fourth-order valence-electron chi connectivity index (χ4n) is 0.769. The summed E-state index contributed by atoms with van der Waals surface area (Å²) in [6.45, 7) is 5.47. The number of hydrogen-bond acceptors (Lipinski definition) is 2. The first kappa shape index (κ1) is 10.1. The monoisotopic (exact) mass is 263 g/mol. The molecular formula is C8H7BrClNS. The Hall–Kier alpha value is 0.01000. The summed E-state index contributed by atoms with van der Waals surface area (Å²) >= 11 is 10.5. The van der Waals surface area contributed by atoms with Crippen LogP contribution in [0, 0.1) is 0 Å². The van der Waals surface area contributed by atoms with Crippen LogP contribution in [0.15, 0.2) is 38.3 Å². The molecule has 0 amide bonds. The van der Waals surface area contributed by atoms with E-state index in [1.807, 2.05) is 19.1 Å². The van der Waals surface area contributed by atoms with Gasteiger partial charge in [0.05, 0.1) is 3.81 Å². The minimum Gasteiger partial charge on any atom is -0.229 e. The quantitative estimate of drug-likeness (QED) is 0.652. The van der Waals surface area contributed by atoms with Crippen molar-refractivity contribution in [2.75, 3.05) is 0 Å². The van der Waals surface area contributed by atoms with Gasteiger partial charge in [-0.1, -0.05) is 36.0 Å². The summed E-state index contributed by atoms with van der Waals surface area (Å²) in [6.07, 6.45) is 3.99. The summed E-state index contributed by atoms with van der Waals surface area (Å²) in [5, 5.41) is 1.21. The summed E-state index contributed by atoms with van der Waals surface area (Å²) in [4.78, 5) is 4.08. The Morgan fingerprint density at radius 3 is 3.00 bits per heavy atom. The molecule has 1 nitrogen and oxygen atoms in total. The molecule has 0 aliphatic carbocycles. The lowest BCUT2D eigenvalue weighted by Crippen LogP contribution is -1.88. The molecule has 4 heteroatoms. The van der Waals surface area contributed by atoms with E-state index in [0.29, 0.717) is 5.16 Å². The van der Waals surface area contributed by atoms with Gasteiger partial charge in [0, 0.05) is 5.57 Å². The van der Waals surface area contributed by atoms with Gasteiger partial charge in [-0.15, -0.1) is 0 Å². The molecule has 64 valence electrons. The lowest BCUT2D eigenvalue weighted by atomic mass is 10.3. The minimum absolute atomic E-state index is 0.312. The molecule has 1 aliphatic heterocycles. The molecule has 0 bridgehead atoms. The first-order valence-corrected chi connectivity index (χ1v) is 5.27. The topological polar surface area (TPSA) is 12.4 Å². The van der Waals surface area contributed by atoms with Crippen molar-refractivity contribution in [2.24, 2.45) is 4.99 Å². The van der Waals surface area contributed by atoms with Crippen LogP contribution in [0.25, 0.3) is 0 Å². The van der Waals surface area contributed by atoms with Gasteiger partial charge in [0.25, 0.3) is 0 Å². The summed E-state index contributed by atoms with van der Waals surface area (Å²) in [6, 6.07) is 0. The molecule has 0 fully saturated rings. The van der Waals surface area contributed by atoms with Crippen molar-refractivity contribution < 1.29 is 0 Å². The summed E-state index contributed by atoms with van der Waals surface area (Å²) in [5.74, 6) is 0. The van der Waals surface area contributed by atoms with Gasteiger partial charge in [-0.2, -0.15) is 0 Å². The third kappa shape index (κ3) is 2.51. The average molecular weight is 265 g/mol. The molecule has 0 atom stereocenters. The lowest BCUT2D eigenvalue weighted by Gasteiger charge is -1.95. The van der Waals surface area contributed by atoms with E-state index < -0.39 is 0 Å². The SMILES string of the molecule is C=C(Cl)N=C1SC(Br)=C/C1=C/C. The normalized spacial score (nSPS) is 23.4. The van der Waals surface area contributed by atoms with E-state index >= 15 is 0 Å². The highest BCUT2D eigenvalue weighted by Crippen LogP contribution is 2.36. The van der Waals surface area contributed by atoms with Crippen LogP contribution in [-0.4, -0.2) is 5.04 Å². The van der Waals surface area contributed by atoms with Crippen molar-refractivity contribution in [1.29, 1.82) is 0 Å². The van der Waals surface area contributed by atoms with E-state index in [9.17, 15) is 0 Å². The van der Waals surface area contributed by atoms with E-state index in [1.54, 1.807) is 11.8 Å². The molecular weight excluding hydrogens is 258 g/mol. The highest BCUT2D eigenvalue weighted by atomic mass is 79.9. The number of aliphatic imine (C=N–C) groups is 1. The number of allylic oxidation sites excluding steroid dienone is 2. The summed E-state index contributed by atoms with van der Waals surface area (Å²) < 4.78 is 1.05. The highest BCUT2D eigenvalue weighted by molar-refractivity contribution is 9.14. The molecule has 1 aliphatic rings. The van der Waals surface area contributed by atoms with Crippen molar-refractivity contribution in [1.82, 2.24) is 0 Å². The fourth-order valence-corrected chi connectivity index (χ4v) is 2.43. The number of nitrogens with zero attached hydrogens (tertiary/aromatic N) is 1. The second-order valence-electron chi connectivity index (χ2n) is 2.09. The van der Waals surface area contributed by atoms with Gasteiger partial charge in [-0.3, -0.25) is 0 Å². The fraction of sp³-hybridized carbons (Fsp3) is 0.125. The number of rotatable bonds is 1. The maximum Gasteiger partial charge on any atom is 0.123 e. The molecule has 0 N–H and O–H groups in total. The first-order valence-electron chi connectivity index (χ1n) is 3.28. The zero-order chi connectivity index (χ0) is 9.14. The van der Waals surface area contributed by atoms with Crippen LogP contribution >= 0.6 is 39.3 Å². The third-order valence-corrected chi connectivity index (χ3v) is 2.88. The van der Waals surface area contributed by atoms with Crippen molar-refractivity contribution in [3.8, 4) is 0 Å². The highest BCUT2D eigenvalue weighted by Gasteiger charge is 2.15. The Bertz CT molecular complexity index is 304. The predicted molar refractivity (Wildman–Crippen MR) is 60.8 cm³/mol. The Balaban J connectivity index is 2.92. The van der Waals surface area contributed by atoms with Gasteiger partial charge in [-0.25, -0.2) is 4.99 Å². The van der Waals surface area contributed by atoms with Crippen molar-refractivity contribution in [2.45, 2.75) is 6.92 Å². The Labute approximate surface area is 89.4 Å². The second-order valence-corrected chi connectivity index (χ2v) is 4.93. The molecule has 0 radical (unpaired) electrons. The Morgan fingerprint density at radius 1 is 1.83 bits per heavy atom. The maximum atomic E-state index is 5.57. The van der Waals surface area contributed by atoms with E-state index in [4.69, 9.17) is 11.6 Å². The Kier molecular flexibility index (Phi) is 3.62. The van der Waals surface area contributed by atoms with E-state index in [1.165, 1.54) is 0 Å². The zero-order valence-corrected chi connectivity index (χ0v) is 9.63. The van der Waals surface area contributed by atoms with Gasteiger partial charge >= 0.3 is 0 Å². The third-order valence-electron chi connectivity index (χ3n) is 1.24. The molecule has 12 heavy (non-hydrogen) atoms. The van der Waals surface area contributed by atoms with Gasteiger partial charge in [0.15, 0.2) is 0 Å². The van der Waals surface area contributed by atoms with Crippen LogP contribution in [-0.2, 0) is 0 Å². The molecule has 1 rings (SSSR count). The van der Waals surface area contributed by atoms with Gasteiger partial charge in [0.2, 0.25) is 0 Å². The minimum atomic E-state index is 0.312. The smallest absolute Gasteiger partial charge is 0.123 e. The molecule has 0 unspecified atom stereocenters. The summed E-state index contributed by atoms with van der Waals surface area (Å²) in [5.41, 5.74) is 1.08. The predicted octanol–water partition coefficient (Wildman–Crippen LogP) is 4.02. The van der Waals surface area contributed by atoms with Crippen LogP contribution in [0.2, 0.25) is 0 Å². The van der Waals surface area contributed by atoms with E-state index in [0.717, 1.165) is 14.4 Å². The first-order chi connectivity index (χ1) is 5.63. The van der Waals surface area contributed by atoms with E-state index in [2.05, 4.69) is 27.5 Å². The molecule has 0 saturated carbocycles. The van der Waals surface area contributed by atoms with Gasteiger partial charge in [0.1, 0.15) is 10.2 Å². The van der Waals surface area contributed by atoms with Crippen LogP contribution in [0.5, 0.6) is 0 Å². The van der Waals surface area contributed by atoms with Crippen molar-refractivity contribution in [3.05, 3.63) is 33.3 Å². The molecule has 0 aromatic heterocycles. The molecule has 0 saturated heterocycles. The van der Waals surface area contributed by atoms with Gasteiger partial charge in [-0.05, 0) is 28.9 Å². The largest absolute Gasteiger partial charge is 0.229 e. The van der Waals surface area contributed by atoms with Crippen LogP contribution in [0.3, 0.4) is 0 Å². The van der Waals surface area contributed by atoms with Gasteiger partial charge < -0.3 is 0 Å². The van der Waals surface area contributed by atoms with Crippen molar-refractivity contribution in [3.63, 3.8) is 0 Å². The number of thioether (sulfide) groups is 1. The Morgan fingerprint density at radius 2 is 2.50 bits per heavy atom. The second kappa shape index (κ2) is 4.30. The molecule has 0 aromatic carbocycles.